The van der Waals surface area contributed by atoms with Crippen LogP contribution in [-0.2, 0) is 0 Å². The second kappa shape index (κ2) is 4.56. The number of fused-ring (bicyclic) bond motifs is 1. The maximum Gasteiger partial charge on any atom is 0.602 e. The van der Waals surface area contributed by atoms with E-state index >= 15 is 0 Å². The third kappa shape index (κ3) is 2.05. The predicted octanol–water partition coefficient (Wildman–Crippen LogP) is 2.89. The van der Waals surface area contributed by atoms with Gasteiger partial charge < -0.3 is 4.42 Å². The molecule has 2 aromatic rings. The molecule has 1 aliphatic rings. The van der Waals surface area contributed by atoms with Gasteiger partial charge in [-0.15, -0.1) is 4.57 Å². The Hall–Kier alpha value is -1.64. The fourth-order valence-corrected chi connectivity index (χ4v) is 2.82. The first kappa shape index (κ1) is 11.5. The highest BCUT2D eigenvalue weighted by Gasteiger charge is 2.26. The number of rotatable bonds is 1. The molecular weight excluding hydrogens is 226 g/mol. The number of nitrogens with zero attached hydrogens (tertiary/aromatic N) is 1. The van der Waals surface area contributed by atoms with Gasteiger partial charge in [-0.25, -0.2) is 0 Å². The molecule has 1 heterocycles. The lowest BCUT2D eigenvalue weighted by atomic mass is 9.95. The van der Waals surface area contributed by atoms with E-state index < -0.39 is 0 Å². The van der Waals surface area contributed by atoms with Gasteiger partial charge in [-0.1, -0.05) is 18.1 Å². The molecule has 1 fully saturated rings. The molecule has 0 atom stereocenters. The van der Waals surface area contributed by atoms with Crippen LogP contribution in [0.15, 0.2) is 33.6 Å². The van der Waals surface area contributed by atoms with Crippen molar-refractivity contribution in [3.8, 4) is 0 Å². The van der Waals surface area contributed by atoms with E-state index in [1.54, 1.807) is 4.57 Å². The molecule has 0 saturated heterocycles. The van der Waals surface area contributed by atoms with E-state index in [-0.39, 0.29) is 5.76 Å². The van der Waals surface area contributed by atoms with E-state index in [1.807, 2.05) is 18.3 Å². The smallest absolute Gasteiger partial charge is 0.372 e. The number of aryl methyl sites for hydroxylation is 1. The lowest BCUT2D eigenvalue weighted by molar-refractivity contribution is -0.747. The zero-order valence-electron chi connectivity index (χ0n) is 10.7. The average molecular weight is 244 g/mol. The van der Waals surface area contributed by atoms with Gasteiger partial charge in [0.1, 0.15) is 0 Å². The zero-order valence-corrected chi connectivity index (χ0v) is 10.7. The van der Waals surface area contributed by atoms with Crippen LogP contribution in [0, 0.1) is 6.92 Å². The van der Waals surface area contributed by atoms with E-state index in [1.165, 1.54) is 24.8 Å². The fourth-order valence-electron chi connectivity index (χ4n) is 2.82. The lowest BCUT2D eigenvalue weighted by Crippen LogP contribution is -2.53. The van der Waals surface area contributed by atoms with Gasteiger partial charge in [0.2, 0.25) is 0 Å². The van der Waals surface area contributed by atoms with Crippen molar-refractivity contribution in [2.75, 3.05) is 0 Å². The van der Waals surface area contributed by atoms with Gasteiger partial charge in [0.15, 0.2) is 17.8 Å². The van der Waals surface area contributed by atoms with Crippen molar-refractivity contribution < 1.29 is 8.98 Å². The van der Waals surface area contributed by atoms with Gasteiger partial charge in [-0.2, -0.15) is 4.79 Å². The van der Waals surface area contributed by atoms with E-state index in [0.717, 1.165) is 18.2 Å². The van der Waals surface area contributed by atoms with E-state index in [2.05, 4.69) is 13.0 Å². The topological polar surface area (TPSA) is 34.1 Å². The molecule has 0 radical (unpaired) electrons. The van der Waals surface area contributed by atoms with E-state index in [9.17, 15) is 4.79 Å². The molecule has 3 heteroatoms. The lowest BCUT2D eigenvalue weighted by Gasteiger charge is -2.15. The Bertz CT molecular complexity index is 624. The first-order valence-corrected chi connectivity index (χ1v) is 6.70. The number of aromatic nitrogens is 1. The van der Waals surface area contributed by atoms with Gasteiger partial charge >= 0.3 is 5.76 Å². The predicted molar refractivity (Wildman–Crippen MR) is 69.5 cm³/mol. The highest BCUT2D eigenvalue weighted by Crippen LogP contribution is 2.23. The SMILES string of the molecule is Cc1ccc2oc(=O)[n+](C3CCCCC3)cc2c1. The summed E-state index contributed by atoms with van der Waals surface area (Å²) in [4.78, 5) is 12.0. The Kier molecular flexibility index (Phi) is 2.90. The molecule has 0 aliphatic heterocycles. The van der Waals surface area contributed by atoms with Crippen LogP contribution in [0.3, 0.4) is 0 Å². The molecule has 0 N–H and O–H groups in total. The number of hydrogen-bond acceptors (Lipinski definition) is 2. The summed E-state index contributed by atoms with van der Waals surface area (Å²) in [7, 11) is 0. The summed E-state index contributed by atoms with van der Waals surface area (Å²) >= 11 is 0. The van der Waals surface area contributed by atoms with Crippen LogP contribution in [0.25, 0.3) is 11.0 Å². The molecule has 1 aromatic carbocycles. The summed E-state index contributed by atoms with van der Waals surface area (Å²) in [5.41, 5.74) is 1.87. The minimum Gasteiger partial charge on any atom is -0.372 e. The summed E-state index contributed by atoms with van der Waals surface area (Å²) in [6.45, 7) is 2.05. The molecule has 0 spiro atoms. The van der Waals surface area contributed by atoms with Crippen molar-refractivity contribution in [1.82, 2.24) is 0 Å². The molecule has 0 bridgehead atoms. The monoisotopic (exact) mass is 244 g/mol. The van der Waals surface area contributed by atoms with Crippen LogP contribution in [0.2, 0.25) is 0 Å². The second-order valence-corrected chi connectivity index (χ2v) is 5.24. The first-order chi connectivity index (χ1) is 8.74. The summed E-state index contributed by atoms with van der Waals surface area (Å²) in [6, 6.07) is 6.23. The van der Waals surface area contributed by atoms with Crippen molar-refractivity contribution in [3.05, 3.63) is 40.5 Å². The van der Waals surface area contributed by atoms with Crippen molar-refractivity contribution >= 4 is 11.0 Å². The maximum atomic E-state index is 12.0. The van der Waals surface area contributed by atoms with Crippen LogP contribution in [-0.4, -0.2) is 0 Å². The van der Waals surface area contributed by atoms with E-state index in [0.29, 0.717) is 11.6 Å². The highest BCUT2D eigenvalue weighted by atomic mass is 16.4. The highest BCUT2D eigenvalue weighted by molar-refractivity contribution is 5.75. The number of benzene rings is 1. The normalized spacial score (nSPS) is 17.2. The standard InChI is InChI=1S/C15H18NO2/c1-11-7-8-14-12(9-11)10-16(15(17)18-14)13-5-3-2-4-6-13/h7-10,13H,2-6H2,1H3/q+1. The summed E-state index contributed by atoms with van der Waals surface area (Å²) < 4.78 is 7.20. The third-order valence-corrected chi connectivity index (χ3v) is 3.82. The Balaban J connectivity index is 2.10. The van der Waals surface area contributed by atoms with Crippen LogP contribution in [0.4, 0.5) is 0 Å². The van der Waals surface area contributed by atoms with Crippen LogP contribution in [0.1, 0.15) is 43.7 Å². The third-order valence-electron chi connectivity index (χ3n) is 3.82. The molecule has 0 unspecified atom stereocenters. The van der Waals surface area contributed by atoms with Gasteiger partial charge in [0.25, 0.3) is 0 Å². The van der Waals surface area contributed by atoms with E-state index in [4.69, 9.17) is 4.42 Å². The molecule has 0 amide bonds. The minimum atomic E-state index is -0.224. The van der Waals surface area contributed by atoms with Gasteiger partial charge in [-0.3, -0.25) is 0 Å². The molecule has 94 valence electrons. The van der Waals surface area contributed by atoms with Crippen LogP contribution >= 0.6 is 0 Å². The minimum absolute atomic E-state index is 0.224. The fraction of sp³-hybridized carbons (Fsp3) is 0.467. The molecular formula is C15H18NO2+. The summed E-state index contributed by atoms with van der Waals surface area (Å²) in [6.07, 6.45) is 7.85. The van der Waals surface area contributed by atoms with Crippen molar-refractivity contribution in [3.63, 3.8) is 0 Å². The van der Waals surface area contributed by atoms with Crippen molar-refractivity contribution in [1.29, 1.82) is 0 Å². The van der Waals surface area contributed by atoms with Crippen molar-refractivity contribution in [2.45, 2.75) is 45.1 Å². The van der Waals surface area contributed by atoms with Gasteiger partial charge in [0, 0.05) is 12.8 Å². The molecule has 18 heavy (non-hydrogen) atoms. The quantitative estimate of drug-likeness (QED) is 0.723. The Morgan fingerprint density at radius 2 is 2.00 bits per heavy atom. The van der Waals surface area contributed by atoms with Crippen LogP contribution < -0.4 is 10.3 Å². The Labute approximate surface area is 106 Å². The Morgan fingerprint density at radius 3 is 2.78 bits per heavy atom. The van der Waals surface area contributed by atoms with Crippen molar-refractivity contribution in [2.24, 2.45) is 0 Å². The Morgan fingerprint density at radius 1 is 1.22 bits per heavy atom. The maximum absolute atomic E-state index is 12.0. The molecule has 1 saturated carbocycles. The molecule has 3 nitrogen and oxygen atoms in total. The first-order valence-electron chi connectivity index (χ1n) is 6.70. The zero-order chi connectivity index (χ0) is 12.5. The van der Waals surface area contributed by atoms with Crippen LogP contribution in [0.5, 0.6) is 0 Å². The van der Waals surface area contributed by atoms with Gasteiger partial charge in [0.05, 0.1) is 5.39 Å². The second-order valence-electron chi connectivity index (χ2n) is 5.24. The van der Waals surface area contributed by atoms with Gasteiger partial charge in [-0.05, 0) is 31.9 Å². The molecule has 1 aromatic heterocycles. The summed E-state index contributed by atoms with van der Waals surface area (Å²) in [5.74, 6) is -0.224. The summed E-state index contributed by atoms with van der Waals surface area (Å²) in [5, 5.41) is 1.01. The average Bonchev–Trinajstić information content (AvgIpc) is 2.39. The number of hydrogen-bond donors (Lipinski definition) is 0. The molecule has 1 aliphatic carbocycles. The molecule has 3 rings (SSSR count). The largest absolute Gasteiger partial charge is 0.602 e.